The molecule has 2 aliphatic heterocycles. The Hall–Kier alpha value is -4.15. The SMILES string of the molecule is CC(=O)N1CCN(C(=O)CN2C(=O)CS[C@@H](c3ccccc3Cl)c3c(-c4ccccc4)nn(-c4ccc(F)cc4)c32)CC1. The molecular formula is C32H29ClFN5O3S. The lowest BCUT2D eigenvalue weighted by Crippen LogP contribution is -2.53. The number of nitrogens with zero attached hydrogens (tertiary/aromatic N) is 5. The number of rotatable bonds is 5. The Balaban J connectivity index is 1.52. The Morgan fingerprint density at radius 2 is 1.58 bits per heavy atom. The Morgan fingerprint density at radius 3 is 2.26 bits per heavy atom. The third-order valence-corrected chi connectivity index (χ3v) is 9.35. The largest absolute Gasteiger partial charge is 0.339 e. The molecule has 3 heterocycles. The van der Waals surface area contributed by atoms with Crippen LogP contribution in [0.4, 0.5) is 10.2 Å². The van der Waals surface area contributed by atoms with E-state index in [2.05, 4.69) is 0 Å². The summed E-state index contributed by atoms with van der Waals surface area (Å²) in [5, 5.41) is 5.19. The molecule has 1 saturated heterocycles. The summed E-state index contributed by atoms with van der Waals surface area (Å²) < 4.78 is 15.6. The van der Waals surface area contributed by atoms with E-state index in [0.717, 1.165) is 16.7 Å². The van der Waals surface area contributed by atoms with Crippen LogP contribution < -0.4 is 4.90 Å². The average molecular weight is 618 g/mol. The number of halogens is 2. The van der Waals surface area contributed by atoms with Gasteiger partial charge in [-0.3, -0.25) is 19.3 Å². The van der Waals surface area contributed by atoms with E-state index in [0.29, 0.717) is 48.4 Å². The van der Waals surface area contributed by atoms with Gasteiger partial charge in [0.05, 0.1) is 22.4 Å². The van der Waals surface area contributed by atoms with E-state index in [9.17, 15) is 18.8 Å². The van der Waals surface area contributed by atoms with Gasteiger partial charge >= 0.3 is 0 Å². The molecule has 3 aromatic carbocycles. The predicted molar refractivity (Wildman–Crippen MR) is 166 cm³/mol. The molecule has 0 saturated carbocycles. The molecule has 220 valence electrons. The summed E-state index contributed by atoms with van der Waals surface area (Å²) in [6.45, 7) is 2.96. The number of thioether (sulfide) groups is 1. The van der Waals surface area contributed by atoms with Crippen LogP contribution in [-0.4, -0.2) is 75.8 Å². The van der Waals surface area contributed by atoms with Crippen LogP contribution in [0.1, 0.15) is 23.3 Å². The zero-order chi connectivity index (χ0) is 30.1. The maximum Gasteiger partial charge on any atom is 0.242 e. The Kier molecular flexibility index (Phi) is 8.23. The first-order valence-electron chi connectivity index (χ1n) is 14.0. The summed E-state index contributed by atoms with van der Waals surface area (Å²) >= 11 is 8.17. The third kappa shape index (κ3) is 5.77. The number of fused-ring (bicyclic) bond motifs is 1. The van der Waals surface area contributed by atoms with Gasteiger partial charge in [0.15, 0.2) is 0 Å². The van der Waals surface area contributed by atoms with Crippen LogP contribution in [0.25, 0.3) is 16.9 Å². The van der Waals surface area contributed by atoms with Crippen molar-refractivity contribution in [2.45, 2.75) is 12.2 Å². The molecule has 0 radical (unpaired) electrons. The van der Waals surface area contributed by atoms with E-state index in [-0.39, 0.29) is 35.3 Å². The van der Waals surface area contributed by atoms with Crippen molar-refractivity contribution >= 4 is 46.9 Å². The van der Waals surface area contributed by atoms with Crippen molar-refractivity contribution in [1.82, 2.24) is 19.6 Å². The standard InChI is InChI=1S/C32H29ClFN5O3S/c1-21(40)36-15-17-37(18-16-36)27(41)19-38-28(42)20-43-31(25-9-5-6-10-26(25)33)29-30(22-7-3-2-4-8-22)35-39(32(29)38)24-13-11-23(34)12-14-24/h2-14,31H,15-20H2,1H3/t31-/m0/s1. The first-order chi connectivity index (χ1) is 20.8. The summed E-state index contributed by atoms with van der Waals surface area (Å²) in [5.74, 6) is -0.355. The van der Waals surface area contributed by atoms with Crippen molar-refractivity contribution in [3.8, 4) is 16.9 Å². The lowest BCUT2D eigenvalue weighted by Gasteiger charge is -2.35. The number of hydrogen-bond donors (Lipinski definition) is 0. The second kappa shape index (κ2) is 12.2. The molecule has 0 spiro atoms. The number of carbonyl (C=O) groups excluding carboxylic acids is 3. The van der Waals surface area contributed by atoms with E-state index in [1.54, 1.807) is 26.6 Å². The van der Waals surface area contributed by atoms with Gasteiger partial charge in [-0.25, -0.2) is 9.07 Å². The van der Waals surface area contributed by atoms with Crippen LogP contribution in [0, 0.1) is 5.82 Å². The number of amides is 3. The Morgan fingerprint density at radius 1 is 0.930 bits per heavy atom. The molecule has 8 nitrogen and oxygen atoms in total. The van der Waals surface area contributed by atoms with Crippen LogP contribution in [0.5, 0.6) is 0 Å². The lowest BCUT2D eigenvalue weighted by atomic mass is 9.99. The van der Waals surface area contributed by atoms with Gasteiger partial charge in [0.25, 0.3) is 0 Å². The maximum atomic E-state index is 14.0. The highest BCUT2D eigenvalue weighted by molar-refractivity contribution is 8.00. The van der Waals surface area contributed by atoms with Crippen molar-refractivity contribution < 1.29 is 18.8 Å². The summed E-state index contributed by atoms with van der Waals surface area (Å²) in [5.41, 5.74) is 3.59. The fraction of sp³-hybridized carbons (Fsp3) is 0.250. The van der Waals surface area contributed by atoms with Crippen LogP contribution in [0.2, 0.25) is 5.02 Å². The van der Waals surface area contributed by atoms with Gasteiger partial charge in [0.2, 0.25) is 17.7 Å². The monoisotopic (exact) mass is 617 g/mol. The summed E-state index contributed by atoms with van der Waals surface area (Å²) in [6.07, 6.45) is 0. The number of anilines is 1. The minimum absolute atomic E-state index is 0.0290. The van der Waals surface area contributed by atoms with E-state index in [1.807, 2.05) is 54.6 Å². The zero-order valence-electron chi connectivity index (χ0n) is 23.5. The molecule has 0 bridgehead atoms. The van der Waals surface area contributed by atoms with Gasteiger partial charge in [0, 0.05) is 49.3 Å². The quantitative estimate of drug-likeness (QED) is 0.308. The minimum Gasteiger partial charge on any atom is -0.339 e. The normalized spacial score (nSPS) is 17.0. The molecule has 43 heavy (non-hydrogen) atoms. The Bertz CT molecular complexity index is 1670. The van der Waals surface area contributed by atoms with E-state index in [4.69, 9.17) is 16.7 Å². The fourth-order valence-corrected chi connectivity index (χ4v) is 7.07. The molecule has 0 unspecified atom stereocenters. The molecule has 4 aromatic rings. The predicted octanol–water partition coefficient (Wildman–Crippen LogP) is 5.19. The Labute approximate surface area is 258 Å². The molecule has 11 heteroatoms. The van der Waals surface area contributed by atoms with Gasteiger partial charge < -0.3 is 9.80 Å². The smallest absolute Gasteiger partial charge is 0.242 e. The zero-order valence-corrected chi connectivity index (χ0v) is 25.0. The number of aromatic nitrogens is 2. The third-order valence-electron chi connectivity index (χ3n) is 7.77. The summed E-state index contributed by atoms with van der Waals surface area (Å²) in [7, 11) is 0. The number of piperazine rings is 1. The summed E-state index contributed by atoms with van der Waals surface area (Å²) in [6, 6.07) is 23.1. The van der Waals surface area contributed by atoms with Crippen molar-refractivity contribution in [2.24, 2.45) is 0 Å². The van der Waals surface area contributed by atoms with Gasteiger partial charge in [0.1, 0.15) is 18.2 Å². The minimum atomic E-state index is -0.400. The van der Waals surface area contributed by atoms with Gasteiger partial charge in [-0.05, 0) is 35.9 Å². The van der Waals surface area contributed by atoms with Crippen molar-refractivity contribution in [3.05, 3.63) is 101 Å². The van der Waals surface area contributed by atoms with Gasteiger partial charge in [-0.15, -0.1) is 11.8 Å². The highest BCUT2D eigenvalue weighted by Crippen LogP contribution is 2.49. The van der Waals surface area contributed by atoms with Crippen LogP contribution in [-0.2, 0) is 14.4 Å². The van der Waals surface area contributed by atoms with Gasteiger partial charge in [-0.2, -0.15) is 5.10 Å². The number of carbonyl (C=O) groups is 3. The topological polar surface area (TPSA) is 78.8 Å². The molecule has 0 aliphatic carbocycles. The fourth-order valence-electron chi connectivity index (χ4n) is 5.53. The number of hydrogen-bond acceptors (Lipinski definition) is 5. The van der Waals surface area contributed by atoms with Crippen molar-refractivity contribution in [3.63, 3.8) is 0 Å². The first kappa shape index (κ1) is 28.9. The van der Waals surface area contributed by atoms with Crippen molar-refractivity contribution in [1.29, 1.82) is 0 Å². The molecule has 6 rings (SSSR count). The molecule has 0 N–H and O–H groups in total. The van der Waals surface area contributed by atoms with Crippen molar-refractivity contribution in [2.75, 3.05) is 43.4 Å². The number of benzene rings is 3. The lowest BCUT2D eigenvalue weighted by molar-refractivity contribution is -0.137. The molecule has 1 atom stereocenters. The maximum absolute atomic E-state index is 14.0. The first-order valence-corrected chi connectivity index (χ1v) is 15.4. The molecule has 1 fully saturated rings. The molecule has 2 aliphatic rings. The summed E-state index contributed by atoms with van der Waals surface area (Å²) in [4.78, 5) is 44.4. The highest BCUT2D eigenvalue weighted by Gasteiger charge is 2.39. The molecule has 1 aromatic heterocycles. The average Bonchev–Trinajstić information content (AvgIpc) is 3.35. The highest BCUT2D eigenvalue weighted by atomic mass is 35.5. The van der Waals surface area contributed by atoms with E-state index < -0.39 is 5.82 Å². The van der Waals surface area contributed by atoms with Crippen LogP contribution in [0.15, 0.2) is 78.9 Å². The molecule has 3 amide bonds. The second-order valence-corrected chi connectivity index (χ2v) is 11.9. The van der Waals surface area contributed by atoms with Gasteiger partial charge in [-0.1, -0.05) is 60.1 Å². The molecular weight excluding hydrogens is 589 g/mol. The van der Waals surface area contributed by atoms with E-state index >= 15 is 0 Å². The van der Waals surface area contributed by atoms with Crippen LogP contribution >= 0.6 is 23.4 Å². The van der Waals surface area contributed by atoms with E-state index in [1.165, 1.54) is 35.7 Å². The van der Waals surface area contributed by atoms with Crippen LogP contribution in [0.3, 0.4) is 0 Å². The second-order valence-electron chi connectivity index (χ2n) is 10.4.